The zero-order valence-corrected chi connectivity index (χ0v) is 25.1. The van der Waals surface area contributed by atoms with Gasteiger partial charge in [-0.3, -0.25) is 24.9 Å². The van der Waals surface area contributed by atoms with Gasteiger partial charge in [0.25, 0.3) is 15.9 Å². The number of rotatable bonds is 9. The lowest BCUT2D eigenvalue weighted by Gasteiger charge is -2.39. The molecule has 1 atom stereocenters. The second-order valence-corrected chi connectivity index (χ2v) is 14.1. The number of sulfonamides is 1. The first-order valence-electron chi connectivity index (χ1n) is 13.1. The molecule has 2 aliphatic heterocycles. The van der Waals surface area contributed by atoms with Crippen molar-refractivity contribution in [1.29, 1.82) is 0 Å². The molecule has 1 aromatic heterocycles. The van der Waals surface area contributed by atoms with E-state index in [4.69, 9.17) is 0 Å². The van der Waals surface area contributed by atoms with Crippen molar-refractivity contribution in [2.75, 3.05) is 62.2 Å². The molecule has 13 heteroatoms. The van der Waals surface area contributed by atoms with Crippen LogP contribution >= 0.6 is 27.9 Å². The van der Waals surface area contributed by atoms with E-state index in [0.717, 1.165) is 33.6 Å². The number of hydrogen-bond donors (Lipinski definition) is 1. The van der Waals surface area contributed by atoms with Crippen molar-refractivity contribution in [2.24, 2.45) is 0 Å². The van der Waals surface area contributed by atoms with Crippen molar-refractivity contribution in [1.82, 2.24) is 23.6 Å². The van der Waals surface area contributed by atoms with Gasteiger partial charge in [-0.1, -0.05) is 24.3 Å². The van der Waals surface area contributed by atoms with Gasteiger partial charge in [0.1, 0.15) is 6.04 Å². The van der Waals surface area contributed by atoms with Gasteiger partial charge in [-0.2, -0.15) is 11.8 Å². The molecule has 0 radical (unpaired) electrons. The van der Waals surface area contributed by atoms with Gasteiger partial charge in [-0.05, 0) is 35.0 Å². The van der Waals surface area contributed by atoms with Gasteiger partial charge in [0.2, 0.25) is 0 Å². The van der Waals surface area contributed by atoms with Crippen molar-refractivity contribution in [2.45, 2.75) is 10.9 Å². The number of anilines is 1. The second-order valence-electron chi connectivity index (χ2n) is 9.65. The molecule has 2 fully saturated rings. The largest absolute Gasteiger partial charge is 0.369 e. The summed E-state index contributed by atoms with van der Waals surface area (Å²) in [5.74, 6) is 1.50. The molecule has 10 nitrogen and oxygen atoms in total. The van der Waals surface area contributed by atoms with Gasteiger partial charge >= 0.3 is 0 Å². The molecule has 1 amide bonds. The van der Waals surface area contributed by atoms with E-state index in [-0.39, 0.29) is 17.3 Å². The number of carbonyl (C=O) groups is 2. The number of pyridine rings is 1. The second kappa shape index (κ2) is 13.0. The van der Waals surface area contributed by atoms with E-state index in [1.165, 1.54) is 6.07 Å². The minimum atomic E-state index is -4.05. The van der Waals surface area contributed by atoms with Gasteiger partial charge in [0, 0.05) is 90.6 Å². The number of aromatic nitrogens is 1. The number of hydrogen-bond acceptors (Lipinski definition) is 9. The summed E-state index contributed by atoms with van der Waals surface area (Å²) < 4.78 is 28.3. The number of benzene rings is 2. The van der Waals surface area contributed by atoms with Crippen LogP contribution in [0.1, 0.15) is 10.4 Å². The van der Waals surface area contributed by atoms with E-state index < -0.39 is 16.1 Å². The Morgan fingerprint density at radius 1 is 1.05 bits per heavy atom. The third-order valence-electron chi connectivity index (χ3n) is 7.23. The first-order chi connectivity index (χ1) is 19.4. The van der Waals surface area contributed by atoms with E-state index in [2.05, 4.69) is 31.5 Å². The summed E-state index contributed by atoms with van der Waals surface area (Å²) in [6.07, 6.45) is 4.20. The fraction of sp³-hybridized carbons (Fsp3) is 0.370. The third-order valence-corrected chi connectivity index (χ3v) is 11.1. The molecule has 3 heterocycles. The Morgan fingerprint density at radius 3 is 2.45 bits per heavy atom. The number of nitrogens with one attached hydrogen (secondary N) is 1. The summed E-state index contributed by atoms with van der Waals surface area (Å²) in [6.45, 7) is 4.05. The molecule has 1 N–H and O–H groups in total. The van der Waals surface area contributed by atoms with Crippen molar-refractivity contribution in [3.63, 3.8) is 0 Å². The lowest BCUT2D eigenvalue weighted by atomic mass is 10.1. The van der Waals surface area contributed by atoms with Gasteiger partial charge in [-0.15, -0.1) is 3.33 Å². The van der Waals surface area contributed by atoms with Crippen molar-refractivity contribution >= 4 is 66.6 Å². The highest BCUT2D eigenvalue weighted by molar-refractivity contribution is 9.08. The predicted octanol–water partition coefficient (Wildman–Crippen LogP) is 2.62. The molecule has 2 aliphatic rings. The number of piperazine rings is 1. The number of aldehydes is 1. The minimum absolute atomic E-state index is 0.00855. The van der Waals surface area contributed by atoms with Crippen LogP contribution in [0.5, 0.6) is 0 Å². The maximum Gasteiger partial charge on any atom is 0.253 e. The Balaban J connectivity index is 1.31. The predicted molar refractivity (Wildman–Crippen MR) is 161 cm³/mol. The maximum atomic E-state index is 13.6. The smallest absolute Gasteiger partial charge is 0.253 e. The maximum absolute atomic E-state index is 13.6. The summed E-state index contributed by atoms with van der Waals surface area (Å²) in [4.78, 5) is 33.7. The summed E-state index contributed by atoms with van der Waals surface area (Å²) in [5.41, 5.74) is 4.44. The number of nitrogens with zero attached hydrogens (tertiary/aromatic N) is 5. The van der Waals surface area contributed by atoms with E-state index in [9.17, 15) is 18.0 Å². The monoisotopic (exact) mass is 646 g/mol. The van der Waals surface area contributed by atoms with Crippen molar-refractivity contribution in [3.8, 4) is 0 Å². The topological polar surface area (TPSA) is 106 Å². The molecule has 2 saturated heterocycles. The SMILES string of the molecule is O=Cc1cc(S(=O)(=O)N(Br)CC(C(=O)NN2CCN(c3ccncc3)CC2)N2CCSCC2)cc2ccccc12. The van der Waals surface area contributed by atoms with Gasteiger partial charge in [0.05, 0.1) is 11.4 Å². The minimum Gasteiger partial charge on any atom is -0.369 e. The van der Waals surface area contributed by atoms with E-state index in [1.54, 1.807) is 42.7 Å². The highest BCUT2D eigenvalue weighted by Gasteiger charge is 2.35. The molecule has 1 unspecified atom stereocenters. The molecule has 212 valence electrons. The Morgan fingerprint density at radius 2 is 1.75 bits per heavy atom. The molecular weight excluding hydrogens is 616 g/mol. The number of halogens is 1. The lowest BCUT2D eigenvalue weighted by Crippen LogP contribution is -2.60. The number of amides is 1. The number of hydrazine groups is 1. The number of thioether (sulfide) groups is 1. The number of carbonyl (C=O) groups excluding carboxylic acids is 2. The van der Waals surface area contributed by atoms with Crippen LogP contribution in [-0.4, -0.2) is 102 Å². The lowest BCUT2D eigenvalue weighted by molar-refractivity contribution is -0.131. The normalized spacial score (nSPS) is 18.1. The van der Waals surface area contributed by atoms with Crippen LogP contribution in [0, 0.1) is 0 Å². The van der Waals surface area contributed by atoms with E-state index in [1.807, 2.05) is 33.8 Å². The van der Waals surface area contributed by atoms with Crippen LogP contribution in [0.15, 0.2) is 65.8 Å². The van der Waals surface area contributed by atoms with Crippen molar-refractivity contribution in [3.05, 3.63) is 66.5 Å². The molecule has 0 bridgehead atoms. The summed E-state index contributed by atoms with van der Waals surface area (Å²) in [7, 11) is -4.05. The van der Waals surface area contributed by atoms with Gasteiger partial charge in [-0.25, -0.2) is 13.4 Å². The number of fused-ring (bicyclic) bond motifs is 1. The molecular formula is C27H31BrN6O4S2. The van der Waals surface area contributed by atoms with Crippen LogP contribution < -0.4 is 10.3 Å². The molecule has 0 saturated carbocycles. The van der Waals surface area contributed by atoms with Gasteiger partial charge < -0.3 is 4.90 Å². The molecule has 40 heavy (non-hydrogen) atoms. The van der Waals surface area contributed by atoms with Gasteiger partial charge in [0.15, 0.2) is 6.29 Å². The van der Waals surface area contributed by atoms with Crippen molar-refractivity contribution < 1.29 is 18.0 Å². The Hall–Kier alpha value is -2.55. The first-order valence-corrected chi connectivity index (χ1v) is 16.4. The molecule has 2 aromatic carbocycles. The summed E-state index contributed by atoms with van der Waals surface area (Å²) in [6, 6.07) is 13.3. The molecule has 0 spiro atoms. The fourth-order valence-electron chi connectivity index (χ4n) is 5.02. The summed E-state index contributed by atoms with van der Waals surface area (Å²) >= 11 is 5.08. The zero-order valence-electron chi connectivity index (χ0n) is 21.9. The fourth-order valence-corrected chi connectivity index (χ4v) is 7.85. The Labute approximate surface area is 247 Å². The highest BCUT2D eigenvalue weighted by Crippen LogP contribution is 2.27. The quantitative estimate of drug-likeness (QED) is 0.277. The molecule has 0 aliphatic carbocycles. The van der Waals surface area contributed by atoms with E-state index >= 15 is 0 Å². The van der Waals surface area contributed by atoms with Crippen LogP contribution in [-0.2, 0) is 14.8 Å². The molecule has 3 aromatic rings. The third kappa shape index (κ3) is 6.50. The standard InChI is InChI=1S/C27H31BrN6O4S2/c28-34(40(37,38)24-17-21-3-1-2-4-25(21)22(18-24)20-35)19-26(32-13-15-39-16-14-32)27(36)30-33-11-9-31(10-12-33)23-5-7-29-8-6-23/h1-8,17-18,20,26H,9-16,19H2,(H,30,36). The average molecular weight is 648 g/mol. The van der Waals surface area contributed by atoms with Crippen LogP contribution in [0.4, 0.5) is 5.69 Å². The first kappa shape index (κ1) is 29.0. The van der Waals surface area contributed by atoms with Crippen LogP contribution in [0.2, 0.25) is 0 Å². The van der Waals surface area contributed by atoms with Crippen LogP contribution in [0.25, 0.3) is 10.8 Å². The summed E-state index contributed by atoms with van der Waals surface area (Å²) in [5, 5.41) is 3.24. The highest BCUT2D eigenvalue weighted by atomic mass is 79.9. The molecule has 5 rings (SSSR count). The Bertz CT molecular complexity index is 1450. The Kier molecular flexibility index (Phi) is 9.38. The van der Waals surface area contributed by atoms with Crippen LogP contribution in [0.3, 0.4) is 0 Å². The zero-order chi connectivity index (χ0) is 28.1. The van der Waals surface area contributed by atoms with E-state index in [0.29, 0.717) is 48.8 Å². The average Bonchev–Trinajstić information content (AvgIpc) is 3.00.